The summed E-state index contributed by atoms with van der Waals surface area (Å²) in [6, 6.07) is -0.502. The Balaban J connectivity index is 2.66. The van der Waals surface area contributed by atoms with Crippen LogP contribution in [0, 0.1) is 5.92 Å². The second-order valence-electron chi connectivity index (χ2n) is 7.44. The van der Waals surface area contributed by atoms with E-state index in [0.717, 1.165) is 12.8 Å². The summed E-state index contributed by atoms with van der Waals surface area (Å²) in [4.78, 5) is 27.9. The predicted molar refractivity (Wildman–Crippen MR) is 86.4 cm³/mol. The summed E-state index contributed by atoms with van der Waals surface area (Å²) in [6.45, 7) is 10.6. The number of hydrogen-bond donors (Lipinski definition) is 1. The van der Waals surface area contributed by atoms with Crippen LogP contribution >= 0.6 is 0 Å². The van der Waals surface area contributed by atoms with Gasteiger partial charge in [0.25, 0.3) is 0 Å². The van der Waals surface area contributed by atoms with Gasteiger partial charge in [-0.05, 0) is 39.5 Å². The van der Waals surface area contributed by atoms with Crippen molar-refractivity contribution >= 4 is 12.0 Å². The summed E-state index contributed by atoms with van der Waals surface area (Å²) in [7, 11) is 1.73. The van der Waals surface area contributed by atoms with Crippen LogP contribution in [-0.2, 0) is 9.53 Å². The Bertz CT molecular complexity index is 404. The minimum Gasteiger partial charge on any atom is -0.444 e. The van der Waals surface area contributed by atoms with Gasteiger partial charge in [-0.15, -0.1) is 0 Å². The molecule has 2 unspecified atom stereocenters. The number of amides is 2. The van der Waals surface area contributed by atoms with Gasteiger partial charge in [-0.25, -0.2) is 4.79 Å². The fraction of sp³-hybridized carbons (Fsp3) is 0.875. The van der Waals surface area contributed by atoms with Gasteiger partial charge in [0, 0.05) is 20.1 Å². The molecule has 1 rings (SSSR count). The van der Waals surface area contributed by atoms with Gasteiger partial charge in [0.15, 0.2) is 0 Å². The predicted octanol–water partition coefficient (Wildman–Crippen LogP) is 1.83. The number of ether oxygens (including phenoxy) is 1. The highest BCUT2D eigenvalue weighted by Crippen LogP contribution is 2.19. The average Bonchev–Trinajstić information content (AvgIpc) is 2.43. The molecule has 0 radical (unpaired) electrons. The van der Waals surface area contributed by atoms with Crippen LogP contribution in [0.15, 0.2) is 0 Å². The molecule has 0 aromatic rings. The molecule has 2 N–H and O–H groups in total. The molecular formula is C16H31N3O3. The minimum atomic E-state index is -0.518. The van der Waals surface area contributed by atoms with Crippen LogP contribution in [-0.4, -0.2) is 59.6 Å². The summed E-state index contributed by atoms with van der Waals surface area (Å²) in [6.07, 6.45) is 1.39. The summed E-state index contributed by atoms with van der Waals surface area (Å²) in [5.74, 6) is 0.0775. The van der Waals surface area contributed by atoms with Crippen LogP contribution in [0.1, 0.15) is 47.5 Å². The normalized spacial score (nSPS) is 20.7. The Kier molecular flexibility index (Phi) is 6.23. The second kappa shape index (κ2) is 7.31. The first-order chi connectivity index (χ1) is 10.0. The lowest BCUT2D eigenvalue weighted by Crippen LogP contribution is -2.55. The highest BCUT2D eigenvalue weighted by molar-refractivity contribution is 5.82. The standard InChI is InChI=1S/C16H31N3O3/c1-11(2)13(17)14(20)19-9-7-8-12(10-19)18(6)15(21)22-16(3,4)5/h11-13H,7-10,17H2,1-6H3. The Labute approximate surface area is 134 Å². The smallest absolute Gasteiger partial charge is 0.410 e. The molecular weight excluding hydrogens is 282 g/mol. The topological polar surface area (TPSA) is 75.9 Å². The van der Waals surface area contributed by atoms with Gasteiger partial charge in [-0.3, -0.25) is 4.79 Å². The Hall–Kier alpha value is -1.30. The summed E-state index contributed by atoms with van der Waals surface area (Å²) >= 11 is 0. The molecule has 1 fully saturated rings. The van der Waals surface area contributed by atoms with Crippen LogP contribution in [0.3, 0.4) is 0 Å². The molecule has 128 valence electrons. The molecule has 0 aromatic heterocycles. The number of carbonyl (C=O) groups is 2. The Morgan fingerprint density at radius 2 is 1.91 bits per heavy atom. The van der Waals surface area contributed by atoms with Crippen molar-refractivity contribution in [3.8, 4) is 0 Å². The van der Waals surface area contributed by atoms with Gasteiger partial charge in [0.2, 0.25) is 5.91 Å². The zero-order valence-electron chi connectivity index (χ0n) is 14.8. The van der Waals surface area contributed by atoms with E-state index in [2.05, 4.69) is 0 Å². The van der Waals surface area contributed by atoms with Gasteiger partial charge in [-0.2, -0.15) is 0 Å². The van der Waals surface area contributed by atoms with Crippen molar-refractivity contribution in [1.29, 1.82) is 0 Å². The number of nitrogens with two attached hydrogens (primary N) is 1. The van der Waals surface area contributed by atoms with Crippen molar-refractivity contribution in [1.82, 2.24) is 9.80 Å². The lowest BCUT2D eigenvalue weighted by molar-refractivity contribution is -0.135. The average molecular weight is 313 g/mol. The quantitative estimate of drug-likeness (QED) is 0.862. The van der Waals surface area contributed by atoms with Crippen molar-refractivity contribution in [2.45, 2.75) is 65.1 Å². The first-order valence-electron chi connectivity index (χ1n) is 8.03. The first kappa shape index (κ1) is 18.7. The molecule has 1 saturated heterocycles. The van der Waals surface area contributed by atoms with Crippen molar-refractivity contribution in [3.63, 3.8) is 0 Å². The number of piperidine rings is 1. The highest BCUT2D eigenvalue weighted by atomic mass is 16.6. The summed E-state index contributed by atoms with van der Waals surface area (Å²) in [5.41, 5.74) is 5.44. The van der Waals surface area contributed by atoms with Crippen molar-refractivity contribution in [2.75, 3.05) is 20.1 Å². The van der Waals surface area contributed by atoms with E-state index >= 15 is 0 Å². The van der Waals surface area contributed by atoms with Gasteiger partial charge < -0.3 is 20.3 Å². The molecule has 0 bridgehead atoms. The lowest BCUT2D eigenvalue weighted by Gasteiger charge is -2.39. The lowest BCUT2D eigenvalue weighted by atomic mass is 10.00. The van der Waals surface area contributed by atoms with Gasteiger partial charge in [0.1, 0.15) is 5.60 Å². The minimum absolute atomic E-state index is 0.0214. The van der Waals surface area contributed by atoms with Gasteiger partial charge in [-0.1, -0.05) is 13.8 Å². The van der Waals surface area contributed by atoms with Crippen molar-refractivity contribution in [2.24, 2.45) is 11.7 Å². The zero-order chi connectivity index (χ0) is 17.1. The van der Waals surface area contributed by atoms with Gasteiger partial charge >= 0.3 is 6.09 Å². The van der Waals surface area contributed by atoms with Crippen molar-refractivity contribution in [3.05, 3.63) is 0 Å². The molecule has 1 heterocycles. The summed E-state index contributed by atoms with van der Waals surface area (Å²) < 4.78 is 5.39. The van der Waals surface area contributed by atoms with Crippen LogP contribution in [0.25, 0.3) is 0 Å². The Morgan fingerprint density at radius 1 is 1.32 bits per heavy atom. The first-order valence-corrected chi connectivity index (χ1v) is 8.03. The maximum atomic E-state index is 12.4. The van der Waals surface area contributed by atoms with E-state index in [1.54, 1.807) is 16.8 Å². The monoisotopic (exact) mass is 313 g/mol. The number of rotatable bonds is 3. The van der Waals surface area contributed by atoms with E-state index in [4.69, 9.17) is 10.5 Å². The van der Waals surface area contributed by atoms with Crippen LogP contribution in [0.5, 0.6) is 0 Å². The highest BCUT2D eigenvalue weighted by Gasteiger charge is 2.32. The number of likely N-dealkylation sites (N-methyl/N-ethyl adjacent to an activating group) is 1. The molecule has 0 aromatic carbocycles. The molecule has 0 spiro atoms. The van der Waals surface area contributed by atoms with E-state index in [-0.39, 0.29) is 24.0 Å². The zero-order valence-corrected chi connectivity index (χ0v) is 14.8. The largest absolute Gasteiger partial charge is 0.444 e. The molecule has 6 heteroatoms. The van der Waals surface area contributed by atoms with Crippen LogP contribution in [0.2, 0.25) is 0 Å². The van der Waals surface area contributed by atoms with Crippen LogP contribution in [0.4, 0.5) is 4.79 Å². The van der Waals surface area contributed by atoms with E-state index in [1.165, 1.54) is 0 Å². The number of hydrogen-bond acceptors (Lipinski definition) is 4. The summed E-state index contributed by atoms with van der Waals surface area (Å²) in [5, 5.41) is 0. The third-order valence-corrected chi connectivity index (χ3v) is 3.94. The number of likely N-dealkylation sites (tertiary alicyclic amines) is 1. The van der Waals surface area contributed by atoms with E-state index in [1.807, 2.05) is 34.6 Å². The SMILES string of the molecule is CC(C)C(N)C(=O)N1CCCC(N(C)C(=O)OC(C)(C)C)C1. The molecule has 1 aliphatic heterocycles. The fourth-order valence-electron chi connectivity index (χ4n) is 2.45. The third-order valence-electron chi connectivity index (χ3n) is 3.94. The van der Waals surface area contributed by atoms with E-state index in [0.29, 0.717) is 13.1 Å². The number of carbonyl (C=O) groups excluding carboxylic acids is 2. The second-order valence-corrected chi connectivity index (χ2v) is 7.44. The van der Waals surface area contributed by atoms with E-state index < -0.39 is 11.6 Å². The molecule has 0 aliphatic carbocycles. The maximum absolute atomic E-state index is 12.4. The van der Waals surface area contributed by atoms with Gasteiger partial charge in [0.05, 0.1) is 12.1 Å². The molecule has 1 aliphatic rings. The molecule has 2 amide bonds. The molecule has 22 heavy (non-hydrogen) atoms. The molecule has 0 saturated carbocycles. The fourth-order valence-corrected chi connectivity index (χ4v) is 2.45. The number of nitrogens with zero attached hydrogens (tertiary/aromatic N) is 2. The van der Waals surface area contributed by atoms with Crippen LogP contribution < -0.4 is 5.73 Å². The Morgan fingerprint density at radius 3 is 2.41 bits per heavy atom. The molecule has 6 nitrogen and oxygen atoms in total. The third kappa shape index (κ3) is 5.16. The molecule has 2 atom stereocenters. The maximum Gasteiger partial charge on any atom is 0.410 e. The van der Waals surface area contributed by atoms with Crippen molar-refractivity contribution < 1.29 is 14.3 Å². The van der Waals surface area contributed by atoms with E-state index in [9.17, 15) is 9.59 Å².